The topological polar surface area (TPSA) is 105 Å². The minimum atomic E-state index is -0.992. The molecule has 2 heterocycles. The van der Waals surface area contributed by atoms with Crippen LogP contribution in [0.1, 0.15) is 37.6 Å². The van der Waals surface area contributed by atoms with Crippen LogP contribution >= 0.6 is 0 Å². The normalized spacial score (nSPS) is 19.0. The third-order valence-electron chi connectivity index (χ3n) is 4.32. The van der Waals surface area contributed by atoms with E-state index in [-0.39, 0.29) is 11.7 Å². The molecule has 1 fully saturated rings. The molecular weight excluding hydrogens is 389 g/mol. The Morgan fingerprint density at radius 3 is 2.80 bits per heavy atom. The average molecular weight is 415 g/mol. The van der Waals surface area contributed by atoms with Gasteiger partial charge in [-0.3, -0.25) is 4.79 Å². The first-order chi connectivity index (χ1) is 14.4. The number of fused-ring (bicyclic) bond motifs is 1. The number of ether oxygens (including phenoxy) is 1. The third-order valence-corrected chi connectivity index (χ3v) is 4.32. The highest BCUT2D eigenvalue weighted by molar-refractivity contribution is 6.00. The van der Waals surface area contributed by atoms with Crippen molar-refractivity contribution in [1.82, 2.24) is 19.9 Å². The summed E-state index contributed by atoms with van der Waals surface area (Å²) < 4.78 is 20.4. The van der Waals surface area contributed by atoms with Gasteiger partial charge in [0.1, 0.15) is 29.1 Å². The number of alkyl halides is 1. The van der Waals surface area contributed by atoms with Gasteiger partial charge in [-0.15, -0.1) is 0 Å². The maximum Gasteiger partial charge on any atom is 0.257 e. The van der Waals surface area contributed by atoms with E-state index in [2.05, 4.69) is 37.7 Å². The molecule has 1 aliphatic rings. The van der Waals surface area contributed by atoms with Crippen LogP contribution in [0.25, 0.3) is 5.65 Å². The van der Waals surface area contributed by atoms with Crippen molar-refractivity contribution in [3.8, 4) is 0 Å². The molecular formula is C20H26FN7O2. The highest BCUT2D eigenvalue weighted by atomic mass is 19.1. The second-order valence-corrected chi connectivity index (χ2v) is 7.07. The van der Waals surface area contributed by atoms with E-state index in [1.165, 1.54) is 10.7 Å². The summed E-state index contributed by atoms with van der Waals surface area (Å²) in [6, 6.07) is 1.29. The van der Waals surface area contributed by atoms with E-state index < -0.39 is 18.1 Å². The van der Waals surface area contributed by atoms with Crippen molar-refractivity contribution in [2.24, 2.45) is 4.99 Å². The van der Waals surface area contributed by atoms with E-state index in [0.29, 0.717) is 35.3 Å². The molecule has 30 heavy (non-hydrogen) atoms. The summed E-state index contributed by atoms with van der Waals surface area (Å²) in [5.41, 5.74) is 1.14. The van der Waals surface area contributed by atoms with E-state index in [1.807, 2.05) is 26.8 Å². The van der Waals surface area contributed by atoms with Gasteiger partial charge in [0.25, 0.3) is 5.91 Å². The number of allylic oxidation sites excluding steroid dienone is 2. The fourth-order valence-corrected chi connectivity index (χ4v) is 2.80. The van der Waals surface area contributed by atoms with Gasteiger partial charge >= 0.3 is 0 Å². The minimum Gasteiger partial charge on any atom is -0.473 e. The summed E-state index contributed by atoms with van der Waals surface area (Å²) in [4.78, 5) is 21.1. The van der Waals surface area contributed by atoms with Crippen molar-refractivity contribution < 1.29 is 13.9 Å². The van der Waals surface area contributed by atoms with Crippen LogP contribution < -0.4 is 16.0 Å². The number of anilines is 2. The molecule has 9 nitrogen and oxygen atoms in total. The van der Waals surface area contributed by atoms with Gasteiger partial charge in [0.15, 0.2) is 5.65 Å². The van der Waals surface area contributed by atoms with Crippen molar-refractivity contribution in [2.45, 2.75) is 45.5 Å². The van der Waals surface area contributed by atoms with Gasteiger partial charge in [0, 0.05) is 19.5 Å². The van der Waals surface area contributed by atoms with E-state index in [0.717, 1.165) is 0 Å². The molecule has 0 unspecified atom stereocenters. The fraction of sp³-hybridized carbons (Fsp3) is 0.400. The van der Waals surface area contributed by atoms with Crippen LogP contribution in [-0.4, -0.2) is 52.6 Å². The lowest BCUT2D eigenvalue weighted by Crippen LogP contribution is -2.27. The number of rotatable bonds is 9. The van der Waals surface area contributed by atoms with Crippen LogP contribution in [0.5, 0.6) is 0 Å². The van der Waals surface area contributed by atoms with E-state index >= 15 is 0 Å². The Labute approximate surface area is 174 Å². The zero-order chi connectivity index (χ0) is 21.8. The molecule has 0 aromatic carbocycles. The lowest BCUT2D eigenvalue weighted by atomic mass is 10.3. The van der Waals surface area contributed by atoms with Gasteiger partial charge in [0.05, 0.1) is 18.3 Å². The van der Waals surface area contributed by atoms with Gasteiger partial charge < -0.3 is 20.7 Å². The number of carbonyl (C=O) groups is 1. The molecule has 3 rings (SSSR count). The van der Waals surface area contributed by atoms with E-state index in [4.69, 9.17) is 4.74 Å². The number of aliphatic imine (C=N–C) groups is 1. The first kappa shape index (κ1) is 21.3. The third kappa shape index (κ3) is 4.58. The number of carbonyl (C=O) groups excluding carboxylic acids is 1. The Hall–Kier alpha value is -3.43. The van der Waals surface area contributed by atoms with Crippen LogP contribution in [0.3, 0.4) is 0 Å². The standard InChI is InChI=1S/C20H26FN7O2/c1-6-7-14(20(23-5)30-11(2)3)25-16-9-17(22-4)28-18(27-16)12(10-24-28)19(29)26-15-8-13(15)21/h6-7,9-11,13,15,22H,5,8H2,1-4H3,(H,25,27)(H,26,29)/b7-6-,20-14-/t13-,15+/m1/s1. The van der Waals surface area contributed by atoms with Gasteiger partial charge in [-0.05, 0) is 33.6 Å². The number of nitrogens with zero attached hydrogens (tertiary/aromatic N) is 4. The van der Waals surface area contributed by atoms with E-state index in [1.54, 1.807) is 19.2 Å². The Morgan fingerprint density at radius 2 is 2.23 bits per heavy atom. The lowest BCUT2D eigenvalue weighted by molar-refractivity contribution is 0.0949. The lowest BCUT2D eigenvalue weighted by Gasteiger charge is -2.15. The van der Waals surface area contributed by atoms with Gasteiger partial charge in [-0.1, -0.05) is 6.08 Å². The van der Waals surface area contributed by atoms with Crippen molar-refractivity contribution in [1.29, 1.82) is 0 Å². The molecule has 0 spiro atoms. The molecule has 0 radical (unpaired) electrons. The summed E-state index contributed by atoms with van der Waals surface area (Å²) >= 11 is 0. The van der Waals surface area contributed by atoms with Crippen LogP contribution in [0.15, 0.2) is 41.0 Å². The number of hydrogen-bond donors (Lipinski definition) is 3. The first-order valence-electron chi connectivity index (χ1n) is 9.66. The number of aromatic nitrogens is 3. The van der Waals surface area contributed by atoms with Crippen LogP contribution in [0.2, 0.25) is 0 Å². The molecule has 1 amide bonds. The SMILES string of the molecule is C=N/C(OC(C)C)=C(\C=C/C)Nc1cc(NC)n2ncc(C(=O)N[C@H]3C[C@H]3F)c2n1. The highest BCUT2D eigenvalue weighted by Gasteiger charge is 2.39. The van der Waals surface area contributed by atoms with Gasteiger partial charge in [-0.25, -0.2) is 14.4 Å². The van der Waals surface area contributed by atoms with Gasteiger partial charge in [0.2, 0.25) is 5.88 Å². The van der Waals surface area contributed by atoms with Crippen molar-refractivity contribution in [3.05, 3.63) is 41.6 Å². The smallest absolute Gasteiger partial charge is 0.257 e. The fourth-order valence-electron chi connectivity index (χ4n) is 2.80. The molecule has 3 N–H and O–H groups in total. The van der Waals surface area contributed by atoms with Crippen LogP contribution in [0, 0.1) is 0 Å². The zero-order valence-corrected chi connectivity index (χ0v) is 17.4. The predicted octanol–water partition coefficient (Wildman–Crippen LogP) is 2.89. The van der Waals surface area contributed by atoms with E-state index in [9.17, 15) is 9.18 Å². The molecule has 1 saturated carbocycles. The summed E-state index contributed by atoms with van der Waals surface area (Å²) in [5, 5.41) is 13.1. The molecule has 160 valence electrons. The molecule has 2 aromatic rings. The second kappa shape index (κ2) is 8.93. The molecule has 2 atom stereocenters. The number of halogens is 1. The molecule has 0 bridgehead atoms. The quantitative estimate of drug-likeness (QED) is 0.330. The largest absolute Gasteiger partial charge is 0.473 e. The minimum absolute atomic E-state index is 0.0947. The summed E-state index contributed by atoms with van der Waals surface area (Å²) in [5.74, 6) is 0.958. The first-order valence-corrected chi connectivity index (χ1v) is 9.66. The van der Waals surface area contributed by atoms with Crippen LogP contribution in [0.4, 0.5) is 16.0 Å². The summed E-state index contributed by atoms with van der Waals surface area (Å²) in [6.45, 7) is 9.22. The maximum absolute atomic E-state index is 13.2. The summed E-state index contributed by atoms with van der Waals surface area (Å²) in [6.07, 6.45) is 4.28. The van der Waals surface area contributed by atoms with Gasteiger partial charge in [-0.2, -0.15) is 9.61 Å². The molecule has 2 aromatic heterocycles. The molecule has 1 aliphatic carbocycles. The van der Waals surface area contributed by atoms with Crippen molar-refractivity contribution in [2.75, 3.05) is 17.7 Å². The maximum atomic E-state index is 13.2. The monoisotopic (exact) mass is 415 g/mol. The Balaban J connectivity index is 2.00. The van der Waals surface area contributed by atoms with Crippen molar-refractivity contribution >= 4 is 29.9 Å². The van der Waals surface area contributed by atoms with Crippen LogP contribution in [-0.2, 0) is 4.74 Å². The average Bonchev–Trinajstić information content (AvgIpc) is 3.23. The Kier molecular flexibility index (Phi) is 6.34. The Morgan fingerprint density at radius 1 is 1.50 bits per heavy atom. The number of amides is 1. The van der Waals surface area contributed by atoms with Crippen molar-refractivity contribution in [3.63, 3.8) is 0 Å². The Bertz CT molecular complexity index is 1010. The predicted molar refractivity (Wildman–Crippen MR) is 115 cm³/mol. The second-order valence-electron chi connectivity index (χ2n) is 7.07. The summed E-state index contributed by atoms with van der Waals surface area (Å²) in [7, 11) is 1.74. The zero-order valence-electron chi connectivity index (χ0n) is 17.4. The molecule has 0 saturated heterocycles. The highest BCUT2D eigenvalue weighted by Crippen LogP contribution is 2.26. The molecule has 10 heteroatoms. The molecule has 0 aliphatic heterocycles. The number of nitrogens with one attached hydrogen (secondary N) is 3. The number of hydrogen-bond acceptors (Lipinski definition) is 7.